The number of piperazine rings is 1. The molecule has 2 bridgehead atoms. The zero-order valence-electron chi connectivity index (χ0n) is 14.8. The molecule has 1 aromatic heterocycles. The molecular weight excluding hydrogens is 334 g/mol. The van der Waals surface area contributed by atoms with Crippen LogP contribution in [0.3, 0.4) is 0 Å². The van der Waals surface area contributed by atoms with Crippen LogP contribution >= 0.6 is 0 Å². The maximum absolute atomic E-state index is 11.4. The van der Waals surface area contributed by atoms with Crippen LogP contribution in [0.4, 0.5) is 10.6 Å². The van der Waals surface area contributed by atoms with Gasteiger partial charge in [0.1, 0.15) is 5.82 Å². The van der Waals surface area contributed by atoms with Crippen LogP contribution in [0.5, 0.6) is 0 Å². The van der Waals surface area contributed by atoms with Gasteiger partial charge >= 0.3 is 6.09 Å². The van der Waals surface area contributed by atoms with Crippen LogP contribution in [0.1, 0.15) is 36.0 Å². The van der Waals surface area contributed by atoms with Gasteiger partial charge in [0.2, 0.25) is 5.91 Å². The first-order chi connectivity index (χ1) is 12.5. The molecule has 140 valence electrons. The summed E-state index contributed by atoms with van der Waals surface area (Å²) in [5.41, 5.74) is 5.68. The summed E-state index contributed by atoms with van der Waals surface area (Å²) in [6.07, 6.45) is 4.69. The SMILES string of the molecule is NC(=O)c1ccc(N2CCN(C3CC4CCC(C3)N4C(=O)O)CC2)nc1. The molecule has 2 unspecified atom stereocenters. The quantitative estimate of drug-likeness (QED) is 0.834. The minimum Gasteiger partial charge on any atom is -0.465 e. The number of anilines is 1. The van der Waals surface area contributed by atoms with Crippen molar-refractivity contribution in [1.82, 2.24) is 14.8 Å². The van der Waals surface area contributed by atoms with E-state index >= 15 is 0 Å². The molecule has 3 N–H and O–H groups in total. The van der Waals surface area contributed by atoms with Gasteiger partial charge in [-0.05, 0) is 37.8 Å². The van der Waals surface area contributed by atoms with E-state index in [1.807, 2.05) is 6.07 Å². The smallest absolute Gasteiger partial charge is 0.407 e. The summed E-state index contributed by atoms with van der Waals surface area (Å²) in [6.45, 7) is 3.68. The average Bonchev–Trinajstić information content (AvgIpc) is 2.92. The summed E-state index contributed by atoms with van der Waals surface area (Å²) in [7, 11) is 0. The number of pyridine rings is 1. The highest BCUT2D eigenvalue weighted by Crippen LogP contribution is 2.37. The molecule has 3 aliphatic heterocycles. The molecule has 26 heavy (non-hydrogen) atoms. The number of nitrogens with two attached hydrogens (primary N) is 1. The Hall–Kier alpha value is -2.35. The highest BCUT2D eigenvalue weighted by atomic mass is 16.4. The van der Waals surface area contributed by atoms with E-state index in [1.54, 1.807) is 11.0 Å². The third kappa shape index (κ3) is 3.09. The van der Waals surface area contributed by atoms with Gasteiger partial charge in [-0.3, -0.25) is 9.69 Å². The molecule has 3 aliphatic rings. The minimum absolute atomic E-state index is 0.192. The van der Waals surface area contributed by atoms with Crippen LogP contribution in [0.2, 0.25) is 0 Å². The Balaban J connectivity index is 1.34. The number of carbonyl (C=O) groups is 2. The Morgan fingerprint density at radius 1 is 1.04 bits per heavy atom. The van der Waals surface area contributed by atoms with Gasteiger partial charge < -0.3 is 20.6 Å². The molecule has 4 rings (SSSR count). The van der Waals surface area contributed by atoms with Crippen molar-refractivity contribution in [3.05, 3.63) is 23.9 Å². The van der Waals surface area contributed by atoms with E-state index in [9.17, 15) is 14.7 Å². The molecule has 8 nitrogen and oxygen atoms in total. The molecule has 0 saturated carbocycles. The third-order valence-electron chi connectivity index (χ3n) is 6.12. The first kappa shape index (κ1) is 17.1. The van der Waals surface area contributed by atoms with Gasteiger partial charge in [-0.1, -0.05) is 0 Å². The van der Waals surface area contributed by atoms with Crippen molar-refractivity contribution in [2.75, 3.05) is 31.1 Å². The maximum Gasteiger partial charge on any atom is 0.407 e. The van der Waals surface area contributed by atoms with Gasteiger partial charge in [-0.2, -0.15) is 0 Å². The van der Waals surface area contributed by atoms with Gasteiger partial charge in [0.05, 0.1) is 5.56 Å². The molecule has 2 amide bonds. The molecule has 0 aromatic carbocycles. The summed E-state index contributed by atoms with van der Waals surface area (Å²) in [5, 5.41) is 9.40. The van der Waals surface area contributed by atoms with E-state index in [1.165, 1.54) is 6.20 Å². The second-order valence-corrected chi connectivity index (χ2v) is 7.49. The Bertz CT molecular complexity index is 673. The van der Waals surface area contributed by atoms with Crippen LogP contribution < -0.4 is 10.6 Å². The fourth-order valence-corrected chi connectivity index (χ4v) is 4.79. The number of carbonyl (C=O) groups excluding carboxylic acids is 1. The van der Waals surface area contributed by atoms with Crippen molar-refractivity contribution in [1.29, 1.82) is 0 Å². The summed E-state index contributed by atoms with van der Waals surface area (Å²) in [5.74, 6) is 0.409. The summed E-state index contributed by atoms with van der Waals surface area (Å²) in [4.78, 5) is 33.4. The fourth-order valence-electron chi connectivity index (χ4n) is 4.79. The number of hydrogen-bond acceptors (Lipinski definition) is 5. The molecule has 3 saturated heterocycles. The first-order valence-electron chi connectivity index (χ1n) is 9.29. The number of carboxylic acid groups (broad SMARTS) is 1. The normalized spacial score (nSPS) is 29.0. The molecule has 0 aliphatic carbocycles. The molecule has 2 atom stereocenters. The lowest BCUT2D eigenvalue weighted by atomic mass is 9.95. The zero-order valence-corrected chi connectivity index (χ0v) is 14.8. The van der Waals surface area contributed by atoms with E-state index in [2.05, 4.69) is 14.8 Å². The van der Waals surface area contributed by atoms with Gasteiger partial charge in [-0.25, -0.2) is 9.78 Å². The Morgan fingerprint density at radius 2 is 1.69 bits per heavy atom. The maximum atomic E-state index is 11.4. The number of nitrogens with zero attached hydrogens (tertiary/aromatic N) is 4. The second kappa shape index (κ2) is 6.75. The van der Waals surface area contributed by atoms with Crippen molar-refractivity contribution in [3.8, 4) is 0 Å². The summed E-state index contributed by atoms with van der Waals surface area (Å²) < 4.78 is 0. The van der Waals surface area contributed by atoms with Crippen molar-refractivity contribution in [3.63, 3.8) is 0 Å². The van der Waals surface area contributed by atoms with Crippen LogP contribution in [0.15, 0.2) is 18.3 Å². The van der Waals surface area contributed by atoms with E-state index in [-0.39, 0.29) is 12.1 Å². The lowest BCUT2D eigenvalue weighted by molar-refractivity contribution is 0.0544. The van der Waals surface area contributed by atoms with Gasteiger partial charge in [0.15, 0.2) is 0 Å². The fraction of sp³-hybridized carbons (Fsp3) is 0.611. The summed E-state index contributed by atoms with van der Waals surface area (Å²) >= 11 is 0. The van der Waals surface area contributed by atoms with Crippen molar-refractivity contribution in [2.24, 2.45) is 5.73 Å². The molecular formula is C18H25N5O3. The first-order valence-corrected chi connectivity index (χ1v) is 9.29. The standard InChI is InChI=1S/C18H25N5O3/c19-17(24)12-1-4-16(20-11-12)22-7-5-21(6-8-22)15-9-13-2-3-14(10-15)23(13)18(25)26/h1,4,11,13-15H,2-3,5-10H2,(H2,19,24)(H,25,26). The molecule has 0 spiro atoms. The van der Waals surface area contributed by atoms with Crippen molar-refractivity contribution < 1.29 is 14.7 Å². The number of fused-ring (bicyclic) bond motifs is 2. The Kier molecular flexibility index (Phi) is 4.44. The molecule has 3 fully saturated rings. The number of aromatic nitrogens is 1. The molecule has 0 radical (unpaired) electrons. The van der Waals surface area contributed by atoms with Crippen LogP contribution in [0, 0.1) is 0 Å². The average molecular weight is 359 g/mol. The molecule has 8 heteroatoms. The lowest BCUT2D eigenvalue weighted by Gasteiger charge is -2.45. The monoisotopic (exact) mass is 359 g/mol. The lowest BCUT2D eigenvalue weighted by Crippen LogP contribution is -2.56. The van der Waals surface area contributed by atoms with Crippen molar-refractivity contribution >= 4 is 17.8 Å². The van der Waals surface area contributed by atoms with Crippen LogP contribution in [-0.2, 0) is 0 Å². The number of primary amides is 1. The molecule has 4 heterocycles. The number of hydrogen-bond donors (Lipinski definition) is 2. The third-order valence-corrected chi connectivity index (χ3v) is 6.12. The predicted octanol–water partition coefficient (Wildman–Crippen LogP) is 0.976. The van der Waals surface area contributed by atoms with E-state index in [4.69, 9.17) is 5.73 Å². The topological polar surface area (TPSA) is 103 Å². The van der Waals surface area contributed by atoms with Gasteiger partial charge in [-0.15, -0.1) is 0 Å². The van der Waals surface area contributed by atoms with Crippen molar-refractivity contribution in [2.45, 2.75) is 43.8 Å². The Morgan fingerprint density at radius 3 is 2.19 bits per heavy atom. The van der Waals surface area contributed by atoms with Gasteiger partial charge in [0.25, 0.3) is 0 Å². The van der Waals surface area contributed by atoms with E-state index in [0.29, 0.717) is 11.6 Å². The second-order valence-electron chi connectivity index (χ2n) is 7.49. The van der Waals surface area contributed by atoms with Gasteiger partial charge in [0, 0.05) is 50.5 Å². The molecule has 1 aromatic rings. The predicted molar refractivity (Wildman–Crippen MR) is 96.2 cm³/mol. The van der Waals surface area contributed by atoms with E-state index < -0.39 is 12.0 Å². The van der Waals surface area contributed by atoms with Crippen LogP contribution in [-0.4, -0.2) is 76.2 Å². The number of amides is 2. The van der Waals surface area contributed by atoms with E-state index in [0.717, 1.165) is 57.7 Å². The largest absolute Gasteiger partial charge is 0.465 e. The van der Waals surface area contributed by atoms with Crippen LogP contribution in [0.25, 0.3) is 0 Å². The number of rotatable bonds is 3. The Labute approximate surface area is 152 Å². The minimum atomic E-state index is -0.758. The highest BCUT2D eigenvalue weighted by Gasteiger charge is 2.45. The number of piperidine rings is 1. The highest BCUT2D eigenvalue weighted by molar-refractivity contribution is 5.92. The summed E-state index contributed by atoms with van der Waals surface area (Å²) in [6, 6.07) is 4.43. The zero-order chi connectivity index (χ0) is 18.3.